The third-order valence-electron chi connectivity index (χ3n) is 1.49. The van der Waals surface area contributed by atoms with Crippen molar-refractivity contribution in [3.63, 3.8) is 0 Å². The van der Waals surface area contributed by atoms with Gasteiger partial charge in [-0.1, -0.05) is 6.07 Å². The summed E-state index contributed by atoms with van der Waals surface area (Å²) in [6.45, 7) is -1.12. The van der Waals surface area contributed by atoms with Gasteiger partial charge in [-0.25, -0.2) is 13.8 Å². The molecule has 6 heteroatoms. The molecule has 0 aromatic carbocycles. The lowest BCUT2D eigenvalue weighted by Crippen LogP contribution is -2.34. The van der Waals surface area contributed by atoms with Gasteiger partial charge in [-0.05, 0) is 12.1 Å². The van der Waals surface area contributed by atoms with Crippen LogP contribution in [0.5, 0.6) is 0 Å². The lowest BCUT2D eigenvalue weighted by atomic mass is 10.3. The number of halogens is 4. The van der Waals surface area contributed by atoms with E-state index in [1.807, 2.05) is 0 Å². The van der Waals surface area contributed by atoms with Crippen LogP contribution >= 0.6 is 0 Å². The fourth-order valence-corrected chi connectivity index (χ4v) is 0.753. The largest absolute Gasteiger partial charge is 0.364 e. The normalized spacial score (nSPS) is 11.8. The van der Waals surface area contributed by atoms with Crippen LogP contribution in [0.2, 0.25) is 0 Å². The molecule has 0 spiro atoms. The van der Waals surface area contributed by atoms with Crippen LogP contribution in [0.15, 0.2) is 24.4 Å². The first kappa shape index (κ1) is 10.7. The molecule has 0 aliphatic rings. The predicted octanol–water partition coefficient (Wildman–Crippen LogP) is 2.39. The minimum Gasteiger partial charge on any atom is -0.364 e. The number of nitrogens with zero attached hydrogens (tertiary/aromatic N) is 1. The Morgan fingerprint density at radius 1 is 1.36 bits per heavy atom. The average Bonchev–Trinajstić information content (AvgIpc) is 2.16. The third-order valence-corrected chi connectivity index (χ3v) is 1.49. The maximum atomic E-state index is 12.4. The molecular formula is C8H8F4N2. The van der Waals surface area contributed by atoms with Crippen LogP contribution in [0.4, 0.5) is 23.4 Å². The fourth-order valence-electron chi connectivity index (χ4n) is 0.753. The van der Waals surface area contributed by atoms with Gasteiger partial charge in [0.15, 0.2) is 0 Å². The summed E-state index contributed by atoms with van der Waals surface area (Å²) in [6.07, 6.45) is -2.29. The average molecular weight is 208 g/mol. The molecule has 1 N–H and O–H groups in total. The van der Waals surface area contributed by atoms with E-state index in [4.69, 9.17) is 0 Å². The van der Waals surface area contributed by atoms with E-state index in [-0.39, 0.29) is 5.82 Å². The number of nitrogens with one attached hydrogen (secondary N) is 1. The van der Waals surface area contributed by atoms with Gasteiger partial charge in [-0.15, -0.1) is 0 Å². The van der Waals surface area contributed by atoms with Gasteiger partial charge in [0.05, 0.1) is 6.54 Å². The summed E-state index contributed by atoms with van der Waals surface area (Å²) in [5.74, 6) is -3.88. The van der Waals surface area contributed by atoms with Crippen LogP contribution < -0.4 is 5.32 Å². The second-order valence-corrected chi connectivity index (χ2v) is 2.63. The summed E-state index contributed by atoms with van der Waals surface area (Å²) >= 11 is 0. The minimum atomic E-state index is -4.03. The number of anilines is 1. The van der Waals surface area contributed by atoms with Crippen molar-refractivity contribution in [2.24, 2.45) is 0 Å². The van der Waals surface area contributed by atoms with Gasteiger partial charge in [0, 0.05) is 6.20 Å². The molecular weight excluding hydrogens is 200 g/mol. The second kappa shape index (κ2) is 4.26. The number of pyridine rings is 1. The molecule has 1 heterocycles. The molecule has 0 fully saturated rings. The quantitative estimate of drug-likeness (QED) is 0.768. The molecule has 1 aromatic heterocycles. The molecule has 1 aromatic rings. The number of aromatic nitrogens is 1. The van der Waals surface area contributed by atoms with E-state index in [0.29, 0.717) is 0 Å². The van der Waals surface area contributed by atoms with Gasteiger partial charge in [-0.2, -0.15) is 8.78 Å². The Morgan fingerprint density at radius 3 is 2.57 bits per heavy atom. The molecule has 2 nitrogen and oxygen atoms in total. The van der Waals surface area contributed by atoms with Crippen LogP contribution in [0.3, 0.4) is 0 Å². The maximum Gasteiger partial charge on any atom is 0.324 e. The first-order chi connectivity index (χ1) is 6.52. The molecule has 78 valence electrons. The molecule has 0 aliphatic carbocycles. The fraction of sp³-hybridized carbons (Fsp3) is 0.375. The number of hydrogen-bond donors (Lipinski definition) is 1. The highest BCUT2D eigenvalue weighted by Gasteiger charge is 2.40. The van der Waals surface area contributed by atoms with Crippen LogP contribution in [-0.2, 0) is 0 Å². The molecule has 0 radical (unpaired) electrons. The molecule has 0 amide bonds. The molecule has 0 bridgehead atoms. The zero-order valence-corrected chi connectivity index (χ0v) is 7.05. The van der Waals surface area contributed by atoms with Crippen molar-refractivity contribution in [3.05, 3.63) is 24.4 Å². The van der Waals surface area contributed by atoms with E-state index >= 15 is 0 Å². The molecule has 0 saturated carbocycles. The van der Waals surface area contributed by atoms with Crippen molar-refractivity contribution >= 4 is 5.82 Å². The first-order valence-electron chi connectivity index (χ1n) is 3.83. The third kappa shape index (κ3) is 2.86. The van der Waals surface area contributed by atoms with Crippen molar-refractivity contribution < 1.29 is 17.6 Å². The molecule has 0 saturated heterocycles. The Kier molecular flexibility index (Phi) is 3.27. The Balaban J connectivity index is 2.49. The lowest BCUT2D eigenvalue weighted by molar-refractivity contribution is -0.117. The highest BCUT2D eigenvalue weighted by molar-refractivity contribution is 5.33. The first-order valence-corrected chi connectivity index (χ1v) is 3.83. The molecule has 1 rings (SSSR count). The summed E-state index contributed by atoms with van der Waals surface area (Å²) in [6, 6.07) is 4.58. The van der Waals surface area contributed by atoms with E-state index in [1.54, 1.807) is 12.1 Å². The predicted molar refractivity (Wildman–Crippen MR) is 43.7 cm³/mol. The van der Waals surface area contributed by atoms with Gasteiger partial charge in [0.25, 0.3) is 0 Å². The van der Waals surface area contributed by atoms with E-state index in [1.165, 1.54) is 12.3 Å². The topological polar surface area (TPSA) is 24.9 Å². The maximum absolute atomic E-state index is 12.4. The summed E-state index contributed by atoms with van der Waals surface area (Å²) in [5.41, 5.74) is 0. The Hall–Kier alpha value is -1.33. The summed E-state index contributed by atoms with van der Waals surface area (Å²) < 4.78 is 48.2. The molecule has 0 atom stereocenters. The SMILES string of the molecule is FC(F)C(F)(F)CNc1ccccn1. The number of hydrogen-bond acceptors (Lipinski definition) is 2. The van der Waals surface area contributed by atoms with E-state index in [2.05, 4.69) is 10.3 Å². The summed E-state index contributed by atoms with van der Waals surface area (Å²) in [4.78, 5) is 3.65. The highest BCUT2D eigenvalue weighted by atomic mass is 19.3. The minimum absolute atomic E-state index is 0.146. The second-order valence-electron chi connectivity index (χ2n) is 2.63. The number of rotatable bonds is 4. The van der Waals surface area contributed by atoms with Crippen LogP contribution in [0.25, 0.3) is 0 Å². The van der Waals surface area contributed by atoms with E-state index in [0.717, 1.165) is 0 Å². The molecule has 14 heavy (non-hydrogen) atoms. The molecule has 0 aliphatic heterocycles. The Bertz CT molecular complexity index is 276. The number of alkyl halides is 4. The van der Waals surface area contributed by atoms with Gasteiger partial charge in [-0.3, -0.25) is 0 Å². The summed E-state index contributed by atoms with van der Waals surface area (Å²) in [7, 11) is 0. The van der Waals surface area contributed by atoms with E-state index in [9.17, 15) is 17.6 Å². The zero-order valence-electron chi connectivity index (χ0n) is 7.05. The Morgan fingerprint density at radius 2 is 2.07 bits per heavy atom. The highest BCUT2D eigenvalue weighted by Crippen LogP contribution is 2.22. The van der Waals surface area contributed by atoms with E-state index < -0.39 is 18.9 Å². The Labute approximate surface area is 78.0 Å². The van der Waals surface area contributed by atoms with Crippen LogP contribution in [0, 0.1) is 0 Å². The van der Waals surface area contributed by atoms with Crippen molar-refractivity contribution in [3.8, 4) is 0 Å². The van der Waals surface area contributed by atoms with Gasteiger partial charge in [0.1, 0.15) is 5.82 Å². The summed E-state index contributed by atoms with van der Waals surface area (Å²) in [5, 5.41) is 2.13. The smallest absolute Gasteiger partial charge is 0.324 e. The van der Waals surface area contributed by atoms with Gasteiger partial charge >= 0.3 is 12.3 Å². The van der Waals surface area contributed by atoms with Gasteiger partial charge in [0.2, 0.25) is 0 Å². The van der Waals surface area contributed by atoms with Crippen molar-refractivity contribution in [1.29, 1.82) is 0 Å². The van der Waals surface area contributed by atoms with Crippen LogP contribution in [0.1, 0.15) is 0 Å². The monoisotopic (exact) mass is 208 g/mol. The standard InChI is InChI=1S/C8H8F4N2/c9-7(10)8(11,12)5-14-6-3-1-2-4-13-6/h1-4,7H,5H2,(H,13,14). The van der Waals surface area contributed by atoms with Crippen molar-refractivity contribution in [2.75, 3.05) is 11.9 Å². The lowest BCUT2D eigenvalue weighted by Gasteiger charge is -2.15. The van der Waals surface area contributed by atoms with Gasteiger partial charge < -0.3 is 5.32 Å². The van der Waals surface area contributed by atoms with Crippen molar-refractivity contribution in [1.82, 2.24) is 4.98 Å². The van der Waals surface area contributed by atoms with Crippen LogP contribution in [-0.4, -0.2) is 23.9 Å². The van der Waals surface area contributed by atoms with Crippen molar-refractivity contribution in [2.45, 2.75) is 12.3 Å². The molecule has 0 unspecified atom stereocenters. The zero-order chi connectivity index (χ0) is 10.6.